The molecule has 2 fully saturated rings. The van der Waals surface area contributed by atoms with E-state index in [1.807, 2.05) is 0 Å². The van der Waals surface area contributed by atoms with Gasteiger partial charge in [0.2, 0.25) is 5.88 Å². The molecule has 2 aliphatic rings. The van der Waals surface area contributed by atoms with Gasteiger partial charge in [-0.25, -0.2) is 4.98 Å². The molecule has 17 heavy (non-hydrogen) atoms. The highest BCUT2D eigenvalue weighted by Crippen LogP contribution is 2.39. The summed E-state index contributed by atoms with van der Waals surface area (Å²) in [6, 6.07) is 5.62. The van der Waals surface area contributed by atoms with Crippen LogP contribution in [0.15, 0.2) is 18.3 Å². The van der Waals surface area contributed by atoms with Gasteiger partial charge < -0.3 is 10.1 Å². The maximum atomic E-state index is 8.94. The van der Waals surface area contributed by atoms with Gasteiger partial charge in [-0.1, -0.05) is 0 Å². The average molecular weight is 252 g/mol. The van der Waals surface area contributed by atoms with Crippen LogP contribution in [0.25, 0.3) is 0 Å². The highest BCUT2D eigenvalue weighted by molar-refractivity contribution is 5.85. The van der Waals surface area contributed by atoms with Crippen molar-refractivity contribution in [2.45, 2.75) is 12.5 Å². The van der Waals surface area contributed by atoms with Gasteiger partial charge in [-0.05, 0) is 18.6 Å². The smallest absolute Gasteiger partial charge is 0.231 e. The van der Waals surface area contributed by atoms with E-state index in [1.54, 1.807) is 18.3 Å². The second-order valence-corrected chi connectivity index (χ2v) is 4.46. The van der Waals surface area contributed by atoms with Gasteiger partial charge in [0.05, 0.1) is 0 Å². The molecule has 5 heteroatoms. The topological polar surface area (TPSA) is 57.9 Å². The van der Waals surface area contributed by atoms with Crippen LogP contribution in [-0.2, 0) is 0 Å². The van der Waals surface area contributed by atoms with Gasteiger partial charge in [0.1, 0.15) is 17.7 Å². The zero-order valence-electron chi connectivity index (χ0n) is 9.30. The number of ether oxygens (including phenoxy) is 1. The monoisotopic (exact) mass is 251 g/mol. The molecule has 1 aromatic heterocycles. The van der Waals surface area contributed by atoms with Gasteiger partial charge in [0.25, 0.3) is 0 Å². The Bertz CT molecular complexity index is 432. The van der Waals surface area contributed by atoms with E-state index in [9.17, 15) is 0 Å². The summed E-state index contributed by atoms with van der Waals surface area (Å²) in [5.41, 5.74) is 0.528. The first-order chi connectivity index (χ1) is 7.88. The van der Waals surface area contributed by atoms with Crippen LogP contribution in [0.2, 0.25) is 0 Å². The van der Waals surface area contributed by atoms with Crippen molar-refractivity contribution in [2.24, 2.45) is 11.8 Å². The summed E-state index contributed by atoms with van der Waals surface area (Å²) in [4.78, 5) is 4.13. The van der Waals surface area contributed by atoms with Crippen LogP contribution < -0.4 is 10.1 Å². The zero-order valence-corrected chi connectivity index (χ0v) is 10.1. The second kappa shape index (κ2) is 4.91. The summed E-state index contributed by atoms with van der Waals surface area (Å²) in [5, 5.41) is 12.3. The van der Waals surface area contributed by atoms with Crippen LogP contribution in [0, 0.1) is 23.2 Å². The number of hydrogen-bond acceptors (Lipinski definition) is 4. The molecule has 0 aromatic carbocycles. The third kappa shape index (κ3) is 2.08. The Morgan fingerprint density at radius 2 is 2.18 bits per heavy atom. The maximum absolute atomic E-state index is 8.94. The molecule has 2 bridgehead atoms. The molecule has 0 spiro atoms. The Balaban J connectivity index is 0.00000108. The van der Waals surface area contributed by atoms with Crippen molar-refractivity contribution in [1.29, 1.82) is 5.26 Å². The number of nitrogens with one attached hydrogen (secondary N) is 1. The first-order valence-corrected chi connectivity index (χ1v) is 5.61. The largest absolute Gasteiger partial charge is 0.473 e. The molecule has 1 aromatic rings. The SMILES string of the molecule is Cl.N#Cc1cccnc1OC1[C@@H]2CNC[C@H]1C2. The van der Waals surface area contributed by atoms with Crippen molar-refractivity contribution < 1.29 is 4.74 Å². The van der Waals surface area contributed by atoms with E-state index in [-0.39, 0.29) is 18.5 Å². The molecule has 3 atom stereocenters. The van der Waals surface area contributed by atoms with Crippen molar-refractivity contribution in [3.05, 3.63) is 23.9 Å². The standard InChI is InChI=1S/C12H13N3O.ClH/c13-5-8-2-1-3-15-12(8)16-11-9-4-10(11)7-14-6-9;/h1-3,9-11,14H,4,6-7H2;1H/t9-,10+,11?;. The molecule has 1 saturated heterocycles. The summed E-state index contributed by atoms with van der Waals surface area (Å²) in [6.45, 7) is 2.05. The Morgan fingerprint density at radius 1 is 1.41 bits per heavy atom. The third-order valence-electron chi connectivity index (χ3n) is 3.49. The molecule has 3 rings (SSSR count). The Hall–Kier alpha value is -1.31. The normalized spacial score (nSPS) is 29.5. The van der Waals surface area contributed by atoms with Crippen molar-refractivity contribution in [3.8, 4) is 11.9 Å². The minimum absolute atomic E-state index is 0. The predicted octanol–water partition coefficient (Wildman–Crippen LogP) is 1.36. The lowest BCUT2D eigenvalue weighted by atomic mass is 9.69. The van der Waals surface area contributed by atoms with Crippen molar-refractivity contribution in [1.82, 2.24) is 10.3 Å². The van der Waals surface area contributed by atoms with Crippen LogP contribution in [0.1, 0.15) is 12.0 Å². The first-order valence-electron chi connectivity index (χ1n) is 5.61. The predicted molar refractivity (Wildman–Crippen MR) is 65.1 cm³/mol. The van der Waals surface area contributed by atoms with Gasteiger partial charge in [0, 0.05) is 31.1 Å². The highest BCUT2D eigenvalue weighted by Gasteiger charge is 2.45. The molecule has 1 aliphatic carbocycles. The summed E-state index contributed by atoms with van der Waals surface area (Å²) in [5.74, 6) is 1.67. The fourth-order valence-corrected chi connectivity index (χ4v) is 2.59. The molecule has 2 heterocycles. The minimum Gasteiger partial charge on any atom is -0.473 e. The van der Waals surface area contributed by atoms with E-state index in [4.69, 9.17) is 10.00 Å². The lowest BCUT2D eigenvalue weighted by Gasteiger charge is -2.48. The van der Waals surface area contributed by atoms with E-state index in [0.29, 0.717) is 23.3 Å². The molecular weight excluding hydrogens is 238 g/mol. The van der Waals surface area contributed by atoms with E-state index in [2.05, 4.69) is 16.4 Å². The first kappa shape index (κ1) is 12.2. The van der Waals surface area contributed by atoms with Crippen molar-refractivity contribution in [2.75, 3.05) is 13.1 Å². The maximum Gasteiger partial charge on any atom is 0.231 e. The van der Waals surface area contributed by atoms with Gasteiger partial charge in [-0.15, -0.1) is 12.4 Å². The van der Waals surface area contributed by atoms with E-state index >= 15 is 0 Å². The minimum atomic E-state index is 0. The van der Waals surface area contributed by atoms with Crippen LogP contribution in [0.3, 0.4) is 0 Å². The quantitative estimate of drug-likeness (QED) is 0.862. The van der Waals surface area contributed by atoms with E-state index in [0.717, 1.165) is 13.1 Å². The summed E-state index contributed by atoms with van der Waals surface area (Å²) >= 11 is 0. The highest BCUT2D eigenvalue weighted by atomic mass is 35.5. The van der Waals surface area contributed by atoms with Gasteiger partial charge >= 0.3 is 0 Å². The van der Waals surface area contributed by atoms with Crippen LogP contribution >= 0.6 is 12.4 Å². The van der Waals surface area contributed by atoms with Crippen LogP contribution in [0.4, 0.5) is 0 Å². The van der Waals surface area contributed by atoms with E-state index < -0.39 is 0 Å². The van der Waals surface area contributed by atoms with Crippen molar-refractivity contribution in [3.63, 3.8) is 0 Å². The molecule has 1 saturated carbocycles. The molecule has 1 unspecified atom stereocenters. The van der Waals surface area contributed by atoms with E-state index in [1.165, 1.54) is 6.42 Å². The third-order valence-corrected chi connectivity index (χ3v) is 3.49. The molecule has 0 radical (unpaired) electrons. The number of rotatable bonds is 2. The number of piperidine rings is 2. The number of aromatic nitrogens is 1. The number of pyridine rings is 1. The fraction of sp³-hybridized carbons (Fsp3) is 0.500. The lowest BCUT2D eigenvalue weighted by molar-refractivity contribution is -0.0471. The molecule has 1 N–H and O–H groups in total. The van der Waals surface area contributed by atoms with Gasteiger partial charge in [-0.3, -0.25) is 0 Å². The fourth-order valence-electron chi connectivity index (χ4n) is 2.59. The number of nitrogens with zero attached hydrogens (tertiary/aromatic N) is 2. The average Bonchev–Trinajstić information content (AvgIpc) is 2.37. The lowest BCUT2D eigenvalue weighted by Crippen LogP contribution is -2.59. The summed E-state index contributed by atoms with van der Waals surface area (Å²) in [6.07, 6.45) is 3.16. The number of fused-ring (bicyclic) bond motifs is 2. The molecule has 4 nitrogen and oxygen atoms in total. The van der Waals surface area contributed by atoms with Gasteiger partial charge in [0.15, 0.2) is 0 Å². The Kier molecular flexibility index (Phi) is 3.51. The Labute approximate surface area is 106 Å². The van der Waals surface area contributed by atoms with Crippen molar-refractivity contribution >= 4 is 12.4 Å². The second-order valence-electron chi connectivity index (χ2n) is 4.46. The molecule has 1 aliphatic heterocycles. The van der Waals surface area contributed by atoms with Crippen LogP contribution in [0.5, 0.6) is 5.88 Å². The van der Waals surface area contributed by atoms with Gasteiger partial charge in [-0.2, -0.15) is 5.26 Å². The Morgan fingerprint density at radius 3 is 2.82 bits per heavy atom. The number of nitriles is 1. The summed E-state index contributed by atoms with van der Waals surface area (Å²) < 4.78 is 5.87. The molecule has 90 valence electrons. The number of halogens is 1. The molecular formula is C12H14ClN3O. The van der Waals surface area contributed by atoms with Crippen LogP contribution in [-0.4, -0.2) is 24.2 Å². The summed E-state index contributed by atoms with van der Waals surface area (Å²) in [7, 11) is 0. The molecule has 0 amide bonds. The zero-order chi connectivity index (χ0) is 11.0. The number of hydrogen-bond donors (Lipinski definition) is 1.